The molecule has 0 saturated carbocycles. The lowest BCUT2D eigenvalue weighted by atomic mass is 10.1. The molecule has 0 fully saturated rings. The molecule has 5 nitrogen and oxygen atoms in total. The average molecular weight is 328 g/mol. The molecule has 0 bridgehead atoms. The van der Waals surface area contributed by atoms with E-state index >= 15 is 0 Å². The maximum Gasteiger partial charge on any atom is 0.177 e. The fourth-order valence-electron chi connectivity index (χ4n) is 2.46. The first-order valence-corrected chi connectivity index (χ1v) is 8.93. The predicted octanol–water partition coefficient (Wildman–Crippen LogP) is 2.87. The van der Waals surface area contributed by atoms with E-state index in [1.54, 1.807) is 24.4 Å². The summed E-state index contributed by atoms with van der Waals surface area (Å²) in [5, 5.41) is 13.2. The Kier molecular flexibility index (Phi) is 4.02. The monoisotopic (exact) mass is 328 g/mol. The van der Waals surface area contributed by atoms with Crippen LogP contribution in [0.25, 0.3) is 10.9 Å². The number of hydrogen-bond acceptors (Lipinski definition) is 5. The Morgan fingerprint density at radius 2 is 1.91 bits per heavy atom. The first-order chi connectivity index (χ1) is 11.0. The summed E-state index contributed by atoms with van der Waals surface area (Å²) in [6.45, 7) is -0.0369. The Labute approximate surface area is 134 Å². The van der Waals surface area contributed by atoms with Gasteiger partial charge in [0, 0.05) is 29.2 Å². The molecule has 0 saturated heterocycles. The van der Waals surface area contributed by atoms with Crippen LogP contribution in [0.3, 0.4) is 0 Å². The molecule has 0 aliphatic rings. The minimum atomic E-state index is -3.35. The van der Waals surface area contributed by atoms with Crippen molar-refractivity contribution < 1.29 is 13.5 Å². The van der Waals surface area contributed by atoms with Gasteiger partial charge in [0.1, 0.15) is 0 Å². The summed E-state index contributed by atoms with van der Waals surface area (Å²) in [6.07, 6.45) is 2.75. The number of para-hydroxylation sites is 1. The van der Waals surface area contributed by atoms with Crippen molar-refractivity contribution in [3.05, 3.63) is 60.3 Å². The Balaban J connectivity index is 2.12. The van der Waals surface area contributed by atoms with E-state index in [1.807, 2.05) is 30.3 Å². The van der Waals surface area contributed by atoms with Gasteiger partial charge in [0.15, 0.2) is 9.84 Å². The van der Waals surface area contributed by atoms with Crippen LogP contribution in [-0.2, 0) is 16.4 Å². The van der Waals surface area contributed by atoms with Crippen LogP contribution in [-0.4, -0.2) is 24.8 Å². The number of benzene rings is 2. The maximum atomic E-state index is 11.9. The van der Waals surface area contributed by atoms with Crippen LogP contribution >= 0.6 is 0 Å². The van der Waals surface area contributed by atoms with Crippen molar-refractivity contribution in [1.29, 1.82) is 0 Å². The lowest BCUT2D eigenvalue weighted by Crippen LogP contribution is -2.00. The summed E-state index contributed by atoms with van der Waals surface area (Å²) in [5.74, 6) is 0. The number of anilines is 2. The fraction of sp³-hybridized carbons (Fsp3) is 0.118. The van der Waals surface area contributed by atoms with E-state index < -0.39 is 9.84 Å². The van der Waals surface area contributed by atoms with E-state index in [0.717, 1.165) is 22.3 Å². The number of rotatable bonds is 4. The number of pyridine rings is 1. The van der Waals surface area contributed by atoms with E-state index in [4.69, 9.17) is 0 Å². The minimum absolute atomic E-state index is 0.0369. The van der Waals surface area contributed by atoms with Gasteiger partial charge in [-0.2, -0.15) is 0 Å². The molecule has 0 atom stereocenters. The Morgan fingerprint density at radius 3 is 2.65 bits per heavy atom. The van der Waals surface area contributed by atoms with Gasteiger partial charge >= 0.3 is 0 Å². The Bertz CT molecular complexity index is 968. The number of nitrogens with zero attached hydrogens (tertiary/aromatic N) is 1. The number of sulfone groups is 1. The standard InChI is InChI=1S/C17H16N2O3S/c1-23(21,22)16-7-3-6-14-15(8-9-18-17(14)16)19-13-5-2-4-12(10-13)11-20/h2-10,20H,11H2,1H3,(H,18,19). The average Bonchev–Trinajstić information content (AvgIpc) is 2.54. The van der Waals surface area contributed by atoms with Crippen LogP contribution < -0.4 is 5.32 Å². The minimum Gasteiger partial charge on any atom is -0.392 e. The summed E-state index contributed by atoms with van der Waals surface area (Å²) >= 11 is 0. The van der Waals surface area contributed by atoms with Crippen molar-refractivity contribution in [3.8, 4) is 0 Å². The van der Waals surface area contributed by atoms with Gasteiger partial charge in [0.25, 0.3) is 0 Å². The zero-order chi connectivity index (χ0) is 16.4. The summed E-state index contributed by atoms with van der Waals surface area (Å²) in [4.78, 5) is 4.44. The molecule has 1 heterocycles. The van der Waals surface area contributed by atoms with Gasteiger partial charge in [-0.05, 0) is 29.8 Å². The van der Waals surface area contributed by atoms with E-state index in [9.17, 15) is 13.5 Å². The van der Waals surface area contributed by atoms with Gasteiger partial charge in [-0.3, -0.25) is 4.98 Å². The number of aliphatic hydroxyl groups is 1. The molecule has 0 spiro atoms. The van der Waals surface area contributed by atoms with Crippen molar-refractivity contribution in [2.24, 2.45) is 0 Å². The topological polar surface area (TPSA) is 79.3 Å². The normalized spacial score (nSPS) is 11.6. The highest BCUT2D eigenvalue weighted by Gasteiger charge is 2.14. The van der Waals surface area contributed by atoms with Gasteiger partial charge < -0.3 is 10.4 Å². The number of hydrogen-bond donors (Lipinski definition) is 2. The molecule has 118 valence electrons. The van der Waals surface area contributed by atoms with Crippen LogP contribution in [0.5, 0.6) is 0 Å². The molecule has 6 heteroatoms. The summed E-state index contributed by atoms with van der Waals surface area (Å²) in [5.41, 5.74) is 2.81. The molecule has 3 aromatic rings. The van der Waals surface area contributed by atoms with Crippen LogP contribution in [0.4, 0.5) is 11.4 Å². The Hall–Kier alpha value is -2.44. The first kappa shape index (κ1) is 15.5. The van der Waals surface area contributed by atoms with Gasteiger partial charge in [-0.1, -0.05) is 24.3 Å². The molecule has 23 heavy (non-hydrogen) atoms. The predicted molar refractivity (Wildman–Crippen MR) is 90.5 cm³/mol. The lowest BCUT2D eigenvalue weighted by molar-refractivity contribution is 0.282. The third-order valence-electron chi connectivity index (χ3n) is 3.52. The second-order valence-corrected chi connectivity index (χ2v) is 7.25. The highest BCUT2D eigenvalue weighted by Crippen LogP contribution is 2.29. The van der Waals surface area contributed by atoms with Gasteiger partial charge in [0.05, 0.1) is 17.0 Å². The molecule has 0 aliphatic carbocycles. The smallest absolute Gasteiger partial charge is 0.177 e. The highest BCUT2D eigenvalue weighted by atomic mass is 32.2. The molecule has 0 amide bonds. The molecule has 1 aromatic heterocycles. The SMILES string of the molecule is CS(=O)(=O)c1cccc2c(Nc3cccc(CO)c3)ccnc12. The van der Waals surface area contributed by atoms with Gasteiger partial charge in [0.2, 0.25) is 0 Å². The van der Waals surface area contributed by atoms with Crippen molar-refractivity contribution in [2.75, 3.05) is 11.6 Å². The third-order valence-corrected chi connectivity index (χ3v) is 4.65. The molecular formula is C17H16N2O3S. The third kappa shape index (κ3) is 3.18. The van der Waals surface area contributed by atoms with Crippen molar-refractivity contribution in [1.82, 2.24) is 4.98 Å². The quantitative estimate of drug-likeness (QED) is 0.770. The highest BCUT2D eigenvalue weighted by molar-refractivity contribution is 7.91. The van der Waals surface area contributed by atoms with Gasteiger partial charge in [-0.25, -0.2) is 8.42 Å². The molecule has 3 rings (SSSR count). The van der Waals surface area contributed by atoms with Crippen LogP contribution in [0.2, 0.25) is 0 Å². The molecule has 0 unspecified atom stereocenters. The zero-order valence-electron chi connectivity index (χ0n) is 12.5. The van der Waals surface area contributed by atoms with Crippen LogP contribution in [0.15, 0.2) is 59.6 Å². The molecule has 2 N–H and O–H groups in total. The second kappa shape index (κ2) is 5.98. The number of aliphatic hydroxyl groups excluding tert-OH is 1. The summed E-state index contributed by atoms with van der Waals surface area (Å²) in [6, 6.07) is 14.3. The number of nitrogens with one attached hydrogen (secondary N) is 1. The van der Waals surface area contributed by atoms with E-state index in [1.165, 1.54) is 6.26 Å². The largest absolute Gasteiger partial charge is 0.392 e. The van der Waals surface area contributed by atoms with E-state index in [-0.39, 0.29) is 11.5 Å². The van der Waals surface area contributed by atoms with Crippen LogP contribution in [0, 0.1) is 0 Å². The van der Waals surface area contributed by atoms with Crippen molar-refractivity contribution >= 4 is 32.1 Å². The van der Waals surface area contributed by atoms with E-state index in [2.05, 4.69) is 10.3 Å². The maximum absolute atomic E-state index is 11.9. The Morgan fingerprint density at radius 1 is 1.13 bits per heavy atom. The first-order valence-electron chi connectivity index (χ1n) is 7.03. The van der Waals surface area contributed by atoms with Crippen molar-refractivity contribution in [3.63, 3.8) is 0 Å². The second-order valence-electron chi connectivity index (χ2n) is 5.27. The molecule has 0 aliphatic heterocycles. The van der Waals surface area contributed by atoms with E-state index in [0.29, 0.717) is 5.52 Å². The fourth-order valence-corrected chi connectivity index (χ4v) is 3.30. The zero-order valence-corrected chi connectivity index (χ0v) is 13.3. The molecular weight excluding hydrogens is 312 g/mol. The number of fused-ring (bicyclic) bond motifs is 1. The molecule has 0 radical (unpaired) electrons. The van der Waals surface area contributed by atoms with Crippen LogP contribution in [0.1, 0.15) is 5.56 Å². The summed E-state index contributed by atoms with van der Waals surface area (Å²) in [7, 11) is -3.35. The molecule has 2 aromatic carbocycles. The lowest BCUT2D eigenvalue weighted by Gasteiger charge is -2.11. The van der Waals surface area contributed by atoms with Crippen molar-refractivity contribution in [2.45, 2.75) is 11.5 Å². The van der Waals surface area contributed by atoms with Gasteiger partial charge in [-0.15, -0.1) is 0 Å². The number of aromatic nitrogens is 1. The summed E-state index contributed by atoms with van der Waals surface area (Å²) < 4.78 is 23.8.